The van der Waals surface area contributed by atoms with E-state index in [1.54, 1.807) is 0 Å². The highest BCUT2D eigenvalue weighted by Gasteiger charge is 2.20. The van der Waals surface area contributed by atoms with E-state index in [1.165, 1.54) is 5.56 Å². The Balaban J connectivity index is 1.29. The molecule has 1 saturated heterocycles. The Morgan fingerprint density at radius 2 is 1.80 bits per heavy atom. The summed E-state index contributed by atoms with van der Waals surface area (Å²) in [5.74, 6) is 1.19. The van der Waals surface area contributed by atoms with Crippen LogP contribution >= 0.6 is 11.6 Å². The molecule has 0 unspecified atom stereocenters. The first-order valence-corrected chi connectivity index (χ1v) is 10.9. The molecule has 3 aromatic rings. The number of nitrogens with zero attached hydrogens (tertiary/aromatic N) is 3. The standard InChI is InChI=1S/C24H27ClN4O/c25-21-12-10-20(11-13-21)22-18-23(27-26-22)28-14-5-15-29(17-16-28)24(30)9-4-8-19-6-2-1-3-7-19/h1-3,6-7,10-13,18H,4-5,8-9,14-17H2,(H,26,27). The predicted octanol–water partition coefficient (Wildman–Crippen LogP) is 4.79. The summed E-state index contributed by atoms with van der Waals surface area (Å²) in [5.41, 5.74) is 3.32. The zero-order chi connectivity index (χ0) is 20.8. The van der Waals surface area contributed by atoms with Gasteiger partial charge in [-0.2, -0.15) is 5.10 Å². The molecule has 0 aliphatic carbocycles. The van der Waals surface area contributed by atoms with Crippen molar-refractivity contribution in [1.82, 2.24) is 15.1 Å². The van der Waals surface area contributed by atoms with E-state index in [0.717, 1.165) is 67.5 Å². The van der Waals surface area contributed by atoms with Gasteiger partial charge in [0, 0.05) is 43.7 Å². The van der Waals surface area contributed by atoms with Crippen LogP contribution in [0.4, 0.5) is 5.82 Å². The van der Waals surface area contributed by atoms with E-state index in [9.17, 15) is 4.79 Å². The molecule has 1 N–H and O–H groups in total. The van der Waals surface area contributed by atoms with E-state index in [0.29, 0.717) is 6.42 Å². The second-order valence-corrected chi connectivity index (χ2v) is 8.14. The summed E-state index contributed by atoms with van der Waals surface area (Å²) in [6.07, 6.45) is 3.41. The maximum atomic E-state index is 12.7. The summed E-state index contributed by atoms with van der Waals surface area (Å²) in [4.78, 5) is 16.9. The first kappa shape index (κ1) is 20.5. The number of halogens is 1. The Labute approximate surface area is 182 Å². The molecule has 156 valence electrons. The number of rotatable bonds is 6. The van der Waals surface area contributed by atoms with Crippen LogP contribution in [-0.2, 0) is 11.2 Å². The number of amides is 1. The lowest BCUT2D eigenvalue weighted by Crippen LogP contribution is -2.35. The van der Waals surface area contributed by atoms with Gasteiger partial charge in [0.05, 0.1) is 5.69 Å². The molecule has 4 rings (SSSR count). The molecular weight excluding hydrogens is 396 g/mol. The van der Waals surface area contributed by atoms with Crippen LogP contribution in [0.25, 0.3) is 11.3 Å². The van der Waals surface area contributed by atoms with E-state index >= 15 is 0 Å². The molecule has 1 aliphatic heterocycles. The van der Waals surface area contributed by atoms with Crippen LogP contribution in [0.1, 0.15) is 24.8 Å². The SMILES string of the molecule is O=C(CCCc1ccccc1)N1CCCN(c2cc(-c3ccc(Cl)cc3)[nH]n2)CC1. The van der Waals surface area contributed by atoms with Gasteiger partial charge in [-0.1, -0.05) is 54.1 Å². The second-order valence-electron chi connectivity index (χ2n) is 7.71. The maximum absolute atomic E-state index is 12.7. The Bertz CT molecular complexity index is 955. The van der Waals surface area contributed by atoms with Gasteiger partial charge in [-0.3, -0.25) is 9.89 Å². The zero-order valence-electron chi connectivity index (χ0n) is 17.1. The smallest absolute Gasteiger partial charge is 0.222 e. The second kappa shape index (κ2) is 9.81. The highest BCUT2D eigenvalue weighted by molar-refractivity contribution is 6.30. The summed E-state index contributed by atoms with van der Waals surface area (Å²) < 4.78 is 0. The normalized spacial score (nSPS) is 14.6. The lowest BCUT2D eigenvalue weighted by atomic mass is 10.1. The lowest BCUT2D eigenvalue weighted by molar-refractivity contribution is -0.131. The monoisotopic (exact) mass is 422 g/mol. The molecule has 2 aromatic carbocycles. The highest BCUT2D eigenvalue weighted by atomic mass is 35.5. The van der Waals surface area contributed by atoms with Crippen LogP contribution in [0, 0.1) is 0 Å². The van der Waals surface area contributed by atoms with Crippen molar-refractivity contribution in [1.29, 1.82) is 0 Å². The number of nitrogens with one attached hydrogen (secondary N) is 1. The summed E-state index contributed by atoms with van der Waals surface area (Å²) in [6, 6.07) is 20.2. The summed E-state index contributed by atoms with van der Waals surface area (Å²) in [5, 5.41) is 8.34. The molecule has 30 heavy (non-hydrogen) atoms. The quantitative estimate of drug-likeness (QED) is 0.621. The van der Waals surface area contributed by atoms with Gasteiger partial charge in [0.1, 0.15) is 0 Å². The fourth-order valence-corrected chi connectivity index (χ4v) is 4.02. The third-order valence-corrected chi connectivity index (χ3v) is 5.84. The third-order valence-electron chi connectivity index (χ3n) is 5.59. The largest absolute Gasteiger partial charge is 0.353 e. The van der Waals surface area contributed by atoms with Crippen molar-refractivity contribution >= 4 is 23.3 Å². The Morgan fingerprint density at radius 1 is 1.00 bits per heavy atom. The van der Waals surface area contributed by atoms with Crippen LogP contribution in [0.3, 0.4) is 0 Å². The van der Waals surface area contributed by atoms with Crippen LogP contribution in [-0.4, -0.2) is 47.2 Å². The molecule has 0 atom stereocenters. The number of aryl methyl sites for hydroxylation is 1. The maximum Gasteiger partial charge on any atom is 0.222 e. The zero-order valence-corrected chi connectivity index (χ0v) is 17.8. The number of aromatic amines is 1. The fourth-order valence-electron chi connectivity index (χ4n) is 3.89. The minimum atomic E-state index is 0.261. The van der Waals surface area contributed by atoms with Gasteiger partial charge in [-0.15, -0.1) is 0 Å². The molecule has 0 bridgehead atoms. The van der Waals surface area contributed by atoms with Gasteiger partial charge in [-0.05, 0) is 42.5 Å². The van der Waals surface area contributed by atoms with Crippen LogP contribution in [0.2, 0.25) is 5.02 Å². The molecule has 1 aromatic heterocycles. The number of anilines is 1. The van der Waals surface area contributed by atoms with E-state index in [4.69, 9.17) is 11.6 Å². The molecule has 1 fully saturated rings. The summed E-state index contributed by atoms with van der Waals surface area (Å²) in [7, 11) is 0. The lowest BCUT2D eigenvalue weighted by Gasteiger charge is -2.22. The number of hydrogen-bond donors (Lipinski definition) is 1. The molecule has 1 amide bonds. The topological polar surface area (TPSA) is 52.2 Å². The summed E-state index contributed by atoms with van der Waals surface area (Å²) in [6.45, 7) is 3.26. The highest BCUT2D eigenvalue weighted by Crippen LogP contribution is 2.24. The molecule has 0 radical (unpaired) electrons. The average molecular weight is 423 g/mol. The number of carbonyl (C=O) groups excluding carboxylic acids is 1. The van der Waals surface area contributed by atoms with Crippen molar-refractivity contribution in [3.05, 3.63) is 71.2 Å². The average Bonchev–Trinajstić information content (AvgIpc) is 3.12. The molecule has 5 nitrogen and oxygen atoms in total. The molecule has 1 aliphatic rings. The number of carbonyl (C=O) groups is 1. The number of H-pyrrole nitrogens is 1. The molecular formula is C24H27ClN4O. The number of hydrogen-bond acceptors (Lipinski definition) is 3. The van der Waals surface area contributed by atoms with Crippen LogP contribution in [0.15, 0.2) is 60.7 Å². The van der Waals surface area contributed by atoms with E-state index in [2.05, 4.69) is 33.3 Å². The van der Waals surface area contributed by atoms with Crippen molar-refractivity contribution in [3.8, 4) is 11.3 Å². The number of benzene rings is 2. The van der Waals surface area contributed by atoms with Gasteiger partial charge in [0.25, 0.3) is 0 Å². The molecule has 0 spiro atoms. The van der Waals surface area contributed by atoms with E-state index < -0.39 is 0 Å². The van der Waals surface area contributed by atoms with E-state index in [-0.39, 0.29) is 5.91 Å². The first-order chi connectivity index (χ1) is 14.7. The van der Waals surface area contributed by atoms with Crippen molar-refractivity contribution in [2.75, 3.05) is 31.1 Å². The predicted molar refractivity (Wildman–Crippen MR) is 122 cm³/mol. The van der Waals surface area contributed by atoms with Gasteiger partial charge in [0.2, 0.25) is 5.91 Å². The Hall–Kier alpha value is -2.79. The third kappa shape index (κ3) is 5.22. The van der Waals surface area contributed by atoms with Gasteiger partial charge in [0.15, 0.2) is 5.82 Å². The minimum absolute atomic E-state index is 0.261. The van der Waals surface area contributed by atoms with Crippen molar-refractivity contribution in [3.63, 3.8) is 0 Å². The molecule has 2 heterocycles. The van der Waals surface area contributed by atoms with Gasteiger partial charge >= 0.3 is 0 Å². The Kier molecular flexibility index (Phi) is 6.70. The van der Waals surface area contributed by atoms with Crippen molar-refractivity contribution in [2.45, 2.75) is 25.7 Å². The van der Waals surface area contributed by atoms with Gasteiger partial charge in [-0.25, -0.2) is 0 Å². The molecule has 0 saturated carbocycles. The first-order valence-electron chi connectivity index (χ1n) is 10.6. The molecule has 6 heteroatoms. The Morgan fingerprint density at radius 3 is 2.60 bits per heavy atom. The van der Waals surface area contributed by atoms with Crippen molar-refractivity contribution < 1.29 is 4.79 Å². The minimum Gasteiger partial charge on any atom is -0.353 e. The van der Waals surface area contributed by atoms with Crippen molar-refractivity contribution in [2.24, 2.45) is 0 Å². The number of aromatic nitrogens is 2. The van der Waals surface area contributed by atoms with Gasteiger partial charge < -0.3 is 9.80 Å². The van der Waals surface area contributed by atoms with Crippen LogP contribution in [0.5, 0.6) is 0 Å². The summed E-state index contributed by atoms with van der Waals surface area (Å²) >= 11 is 5.98. The van der Waals surface area contributed by atoms with E-state index in [1.807, 2.05) is 47.4 Å². The fraction of sp³-hybridized carbons (Fsp3) is 0.333. The van der Waals surface area contributed by atoms with Crippen LogP contribution < -0.4 is 4.90 Å².